The second-order valence-electron chi connectivity index (χ2n) is 5.13. The van der Waals surface area contributed by atoms with Gasteiger partial charge in [0, 0.05) is 0 Å². The molecule has 1 N–H and O–H groups in total. The van der Waals surface area contributed by atoms with Crippen molar-refractivity contribution in [2.45, 2.75) is 40.0 Å². The maximum atomic E-state index is 10.2. The van der Waals surface area contributed by atoms with Crippen molar-refractivity contribution in [2.24, 2.45) is 0 Å². The van der Waals surface area contributed by atoms with Crippen LogP contribution in [0.4, 0.5) is 0 Å². The first-order chi connectivity index (χ1) is 9.13. The van der Waals surface area contributed by atoms with Crippen LogP contribution in [0.2, 0.25) is 0 Å². The molecule has 1 nitrogen and oxygen atoms in total. The van der Waals surface area contributed by atoms with Gasteiger partial charge in [-0.05, 0) is 67.0 Å². The zero-order valence-corrected chi connectivity index (χ0v) is 12.0. The van der Waals surface area contributed by atoms with Crippen LogP contribution in [0.5, 0.6) is 5.75 Å². The Bertz CT molecular complexity index is 556. The van der Waals surface area contributed by atoms with Gasteiger partial charge in [-0.1, -0.05) is 37.3 Å². The number of aryl methyl sites for hydroxylation is 2. The molecular weight excluding hydrogens is 232 g/mol. The molecule has 0 radical (unpaired) electrons. The van der Waals surface area contributed by atoms with Crippen molar-refractivity contribution in [3.05, 3.63) is 64.2 Å². The van der Waals surface area contributed by atoms with Gasteiger partial charge in [0.25, 0.3) is 0 Å². The van der Waals surface area contributed by atoms with Crippen LogP contribution in [0.1, 0.15) is 34.7 Å². The summed E-state index contributed by atoms with van der Waals surface area (Å²) in [6.07, 6.45) is 2.86. The van der Waals surface area contributed by atoms with E-state index in [0.29, 0.717) is 5.75 Å². The number of hydrogen-bond acceptors (Lipinski definition) is 1. The zero-order valence-electron chi connectivity index (χ0n) is 12.0. The molecule has 0 saturated heterocycles. The van der Waals surface area contributed by atoms with Crippen molar-refractivity contribution >= 4 is 0 Å². The molecule has 0 heterocycles. The predicted molar refractivity (Wildman–Crippen MR) is 80.8 cm³/mol. The van der Waals surface area contributed by atoms with E-state index < -0.39 is 0 Å². The second kappa shape index (κ2) is 5.92. The van der Waals surface area contributed by atoms with Gasteiger partial charge in [-0.15, -0.1) is 0 Å². The molecule has 0 aromatic heterocycles. The quantitative estimate of drug-likeness (QED) is 0.859. The van der Waals surface area contributed by atoms with Crippen molar-refractivity contribution in [1.82, 2.24) is 0 Å². The van der Waals surface area contributed by atoms with E-state index in [0.717, 1.165) is 24.8 Å². The first-order valence-electron chi connectivity index (χ1n) is 6.98. The van der Waals surface area contributed by atoms with Gasteiger partial charge in [0.15, 0.2) is 0 Å². The summed E-state index contributed by atoms with van der Waals surface area (Å²) in [6, 6.07) is 12.4. The van der Waals surface area contributed by atoms with Gasteiger partial charge in [0.05, 0.1) is 0 Å². The van der Waals surface area contributed by atoms with Gasteiger partial charge in [-0.2, -0.15) is 0 Å². The van der Waals surface area contributed by atoms with Gasteiger partial charge in [-0.3, -0.25) is 0 Å². The molecule has 0 amide bonds. The van der Waals surface area contributed by atoms with Crippen LogP contribution in [0, 0.1) is 13.8 Å². The Kier molecular flexibility index (Phi) is 4.26. The molecule has 0 fully saturated rings. The van der Waals surface area contributed by atoms with Gasteiger partial charge in [0.1, 0.15) is 5.75 Å². The molecule has 0 unspecified atom stereocenters. The fraction of sp³-hybridized carbons (Fsp3) is 0.333. The molecule has 0 atom stereocenters. The monoisotopic (exact) mass is 254 g/mol. The average Bonchev–Trinajstić information content (AvgIpc) is 2.42. The number of benzene rings is 2. The van der Waals surface area contributed by atoms with Crippen LogP contribution in [-0.4, -0.2) is 5.11 Å². The SMILES string of the molecule is CCc1c(C)c(C)cc(O)c1CCc1ccccc1. The lowest BCUT2D eigenvalue weighted by Gasteiger charge is -2.15. The number of hydrogen-bond donors (Lipinski definition) is 1. The molecular formula is C18H22O. The second-order valence-corrected chi connectivity index (χ2v) is 5.13. The molecule has 1 heteroatoms. The zero-order chi connectivity index (χ0) is 13.8. The summed E-state index contributed by atoms with van der Waals surface area (Å²) in [5, 5.41) is 10.2. The minimum atomic E-state index is 0.455. The van der Waals surface area contributed by atoms with E-state index in [4.69, 9.17) is 0 Å². The molecule has 19 heavy (non-hydrogen) atoms. The highest BCUT2D eigenvalue weighted by Gasteiger charge is 2.12. The number of aromatic hydroxyl groups is 1. The number of phenols is 1. The maximum absolute atomic E-state index is 10.2. The van der Waals surface area contributed by atoms with E-state index >= 15 is 0 Å². The van der Waals surface area contributed by atoms with Crippen molar-refractivity contribution < 1.29 is 5.11 Å². The highest BCUT2D eigenvalue weighted by molar-refractivity contribution is 5.48. The summed E-state index contributed by atoms with van der Waals surface area (Å²) in [4.78, 5) is 0. The summed E-state index contributed by atoms with van der Waals surface area (Å²) >= 11 is 0. The first kappa shape index (κ1) is 13.7. The van der Waals surface area contributed by atoms with E-state index in [1.165, 1.54) is 22.3 Å². The first-order valence-corrected chi connectivity index (χ1v) is 6.98. The lowest BCUT2D eigenvalue weighted by Crippen LogP contribution is -2.01. The number of phenolic OH excluding ortho intramolecular Hbond substituents is 1. The van der Waals surface area contributed by atoms with Crippen LogP contribution in [0.25, 0.3) is 0 Å². The van der Waals surface area contributed by atoms with E-state index in [9.17, 15) is 5.11 Å². The summed E-state index contributed by atoms with van der Waals surface area (Å²) in [7, 11) is 0. The molecule has 2 aromatic rings. The van der Waals surface area contributed by atoms with E-state index in [1.54, 1.807) is 0 Å². The molecule has 0 spiro atoms. The third kappa shape index (κ3) is 2.98. The standard InChI is InChI=1S/C18H22O/c1-4-16-14(3)13(2)12-18(19)17(16)11-10-15-8-6-5-7-9-15/h5-9,12,19H,4,10-11H2,1-3H3. The van der Waals surface area contributed by atoms with Gasteiger partial charge in [-0.25, -0.2) is 0 Å². The summed E-state index contributed by atoms with van der Waals surface area (Å²) in [6.45, 7) is 6.38. The Morgan fingerprint density at radius 2 is 1.63 bits per heavy atom. The van der Waals surface area contributed by atoms with E-state index in [-0.39, 0.29) is 0 Å². The average molecular weight is 254 g/mol. The van der Waals surface area contributed by atoms with Crippen LogP contribution in [0.15, 0.2) is 36.4 Å². The summed E-state index contributed by atoms with van der Waals surface area (Å²) < 4.78 is 0. The minimum Gasteiger partial charge on any atom is -0.508 e. The Balaban J connectivity index is 2.27. The van der Waals surface area contributed by atoms with Crippen molar-refractivity contribution in [3.8, 4) is 5.75 Å². The van der Waals surface area contributed by atoms with E-state index in [1.807, 2.05) is 12.1 Å². The molecule has 0 saturated carbocycles. The highest BCUT2D eigenvalue weighted by Crippen LogP contribution is 2.29. The van der Waals surface area contributed by atoms with Gasteiger partial charge >= 0.3 is 0 Å². The van der Waals surface area contributed by atoms with Crippen molar-refractivity contribution in [1.29, 1.82) is 0 Å². The van der Waals surface area contributed by atoms with E-state index in [2.05, 4.69) is 45.0 Å². The van der Waals surface area contributed by atoms with Crippen molar-refractivity contribution in [3.63, 3.8) is 0 Å². The molecule has 0 aliphatic rings. The summed E-state index contributed by atoms with van der Waals surface area (Å²) in [5.41, 5.74) is 6.26. The normalized spacial score (nSPS) is 10.7. The Morgan fingerprint density at radius 1 is 0.947 bits per heavy atom. The van der Waals surface area contributed by atoms with Crippen LogP contribution < -0.4 is 0 Å². The lowest BCUT2D eigenvalue weighted by atomic mass is 9.91. The molecule has 2 rings (SSSR count). The summed E-state index contributed by atoms with van der Waals surface area (Å²) in [5.74, 6) is 0.455. The van der Waals surface area contributed by atoms with Crippen LogP contribution in [-0.2, 0) is 19.3 Å². The predicted octanol–water partition coefficient (Wildman–Crippen LogP) is 4.36. The van der Waals surface area contributed by atoms with Crippen LogP contribution >= 0.6 is 0 Å². The fourth-order valence-corrected chi connectivity index (χ4v) is 2.69. The number of rotatable bonds is 4. The van der Waals surface area contributed by atoms with Gasteiger partial charge < -0.3 is 5.11 Å². The van der Waals surface area contributed by atoms with Crippen molar-refractivity contribution in [2.75, 3.05) is 0 Å². The van der Waals surface area contributed by atoms with Crippen LogP contribution in [0.3, 0.4) is 0 Å². The highest BCUT2D eigenvalue weighted by atomic mass is 16.3. The smallest absolute Gasteiger partial charge is 0.119 e. The maximum Gasteiger partial charge on any atom is 0.119 e. The fourth-order valence-electron chi connectivity index (χ4n) is 2.69. The largest absolute Gasteiger partial charge is 0.508 e. The molecule has 0 aliphatic carbocycles. The third-order valence-corrected chi connectivity index (χ3v) is 3.93. The van der Waals surface area contributed by atoms with Gasteiger partial charge in [0.2, 0.25) is 0 Å². The molecule has 2 aromatic carbocycles. The molecule has 0 bridgehead atoms. The topological polar surface area (TPSA) is 20.2 Å². The third-order valence-electron chi connectivity index (χ3n) is 3.93. The Labute approximate surface area is 115 Å². The Morgan fingerprint density at radius 3 is 2.26 bits per heavy atom. The molecule has 100 valence electrons. The molecule has 0 aliphatic heterocycles. The lowest BCUT2D eigenvalue weighted by molar-refractivity contribution is 0.466. The minimum absolute atomic E-state index is 0.455. The Hall–Kier alpha value is -1.76.